The zero-order valence-electron chi connectivity index (χ0n) is 19.5. The average Bonchev–Trinajstić information content (AvgIpc) is 3.24. The number of carbonyl (C=O) groups excluding carboxylic acids is 1. The highest BCUT2D eigenvalue weighted by Gasteiger charge is 2.34. The van der Waals surface area contributed by atoms with E-state index in [4.69, 9.17) is 16.1 Å². The van der Waals surface area contributed by atoms with Gasteiger partial charge in [-0.3, -0.25) is 4.79 Å². The fourth-order valence-corrected chi connectivity index (χ4v) is 5.62. The molecule has 0 amide bonds. The zero-order chi connectivity index (χ0) is 23.8. The van der Waals surface area contributed by atoms with Crippen LogP contribution in [0.25, 0.3) is 10.4 Å². The molecule has 1 N–H and O–H groups in total. The van der Waals surface area contributed by atoms with Crippen molar-refractivity contribution in [3.05, 3.63) is 62.3 Å². The second-order valence-corrected chi connectivity index (χ2v) is 12.4. The van der Waals surface area contributed by atoms with E-state index in [0.29, 0.717) is 34.0 Å². The van der Waals surface area contributed by atoms with Crippen LogP contribution >= 0.6 is 22.9 Å². The third-order valence-electron chi connectivity index (χ3n) is 5.37. The summed E-state index contributed by atoms with van der Waals surface area (Å²) >= 11 is 6.29. The Morgan fingerprint density at radius 2 is 1.88 bits per heavy atom. The van der Waals surface area contributed by atoms with E-state index in [9.17, 15) is 9.35 Å². The first-order chi connectivity index (χ1) is 15.0. The van der Waals surface area contributed by atoms with Crippen LogP contribution in [-0.4, -0.2) is 20.2 Å². The van der Waals surface area contributed by atoms with Gasteiger partial charge < -0.3 is 9.08 Å². The zero-order valence-corrected chi connectivity index (χ0v) is 21.8. The largest absolute Gasteiger partial charge is 0.598 e. The number of nitrogens with zero attached hydrogens (tertiary/aromatic N) is 1. The molecule has 3 rings (SSSR count). The van der Waals surface area contributed by atoms with Crippen LogP contribution in [0.2, 0.25) is 5.02 Å². The summed E-state index contributed by atoms with van der Waals surface area (Å²) in [5.74, 6) is 0.540. The lowest BCUT2D eigenvalue weighted by atomic mass is 9.95. The Labute approximate surface area is 201 Å². The minimum atomic E-state index is -1.28. The molecule has 5 nitrogen and oxygen atoms in total. The maximum atomic E-state index is 13.5. The molecule has 172 valence electrons. The molecule has 0 saturated carbocycles. The van der Waals surface area contributed by atoms with E-state index in [2.05, 4.69) is 9.88 Å². The summed E-state index contributed by atoms with van der Waals surface area (Å²) in [5.41, 5.74) is 3.66. The molecule has 0 bridgehead atoms. The third kappa shape index (κ3) is 4.97. The highest BCUT2D eigenvalue weighted by Crippen LogP contribution is 2.43. The first-order valence-electron chi connectivity index (χ1n) is 10.5. The van der Waals surface area contributed by atoms with Gasteiger partial charge in [0.15, 0.2) is 11.5 Å². The Morgan fingerprint density at radius 3 is 2.44 bits per heavy atom. The molecular weight excluding hydrogens is 464 g/mol. The van der Waals surface area contributed by atoms with Gasteiger partial charge in [0, 0.05) is 32.4 Å². The number of aryl methyl sites for hydroxylation is 2. The van der Waals surface area contributed by atoms with Gasteiger partial charge in [-0.05, 0) is 77.8 Å². The van der Waals surface area contributed by atoms with E-state index in [0.717, 1.165) is 20.9 Å². The Balaban J connectivity index is 2.12. The van der Waals surface area contributed by atoms with Gasteiger partial charge in [0.1, 0.15) is 10.8 Å². The lowest BCUT2D eigenvalue weighted by Crippen LogP contribution is -2.41. The van der Waals surface area contributed by atoms with Gasteiger partial charge in [-0.25, -0.2) is 0 Å². The number of thiophene rings is 1. The maximum absolute atomic E-state index is 13.5. The van der Waals surface area contributed by atoms with Gasteiger partial charge in [0.2, 0.25) is 0 Å². The number of halogens is 1. The molecule has 0 saturated heterocycles. The number of carbonyl (C=O) groups is 1. The average molecular weight is 493 g/mol. The summed E-state index contributed by atoms with van der Waals surface area (Å²) in [7, 11) is 0. The second kappa shape index (κ2) is 9.69. The van der Waals surface area contributed by atoms with E-state index in [1.54, 1.807) is 35.6 Å². The number of hydrogen-bond acceptors (Lipinski definition) is 6. The van der Waals surface area contributed by atoms with Crippen LogP contribution < -0.4 is 4.72 Å². The molecule has 1 unspecified atom stereocenters. The summed E-state index contributed by atoms with van der Waals surface area (Å²) in [6.45, 7) is 13.6. The SMILES string of the molecule is CC[C@H](N[S+]([O-])C(C)(C)C)c1onc(C)c1-c1sc(C)c(C)c1C(=O)c1ccc(Cl)cc1. The molecule has 3 aromatic rings. The number of hydrogen-bond donors (Lipinski definition) is 1. The van der Waals surface area contributed by atoms with Crippen molar-refractivity contribution >= 4 is 40.1 Å². The molecule has 0 aliphatic carbocycles. The second-order valence-electron chi connectivity index (χ2n) is 8.79. The van der Waals surface area contributed by atoms with Crippen LogP contribution in [0.3, 0.4) is 0 Å². The van der Waals surface area contributed by atoms with Crippen LogP contribution in [0.5, 0.6) is 0 Å². The molecule has 2 aromatic heterocycles. The Hall–Kier alpha value is -1.64. The molecule has 2 atom stereocenters. The predicted molar refractivity (Wildman–Crippen MR) is 133 cm³/mol. The quantitative estimate of drug-likeness (QED) is 0.292. The van der Waals surface area contributed by atoms with E-state index in [1.165, 1.54) is 0 Å². The van der Waals surface area contributed by atoms with Crippen molar-refractivity contribution in [3.8, 4) is 10.4 Å². The van der Waals surface area contributed by atoms with Crippen LogP contribution in [-0.2, 0) is 11.4 Å². The summed E-state index contributed by atoms with van der Waals surface area (Å²) in [6, 6.07) is 6.62. The normalized spacial score (nSPS) is 13.9. The van der Waals surface area contributed by atoms with Crippen LogP contribution in [0.1, 0.15) is 78.0 Å². The molecule has 0 radical (unpaired) electrons. The Kier molecular flexibility index (Phi) is 7.57. The minimum absolute atomic E-state index is 0.0654. The summed E-state index contributed by atoms with van der Waals surface area (Å²) < 4.78 is 21.3. The molecular formula is C24H29ClN2O3S2. The monoisotopic (exact) mass is 492 g/mol. The van der Waals surface area contributed by atoms with E-state index in [1.807, 2.05) is 48.5 Å². The van der Waals surface area contributed by atoms with Crippen molar-refractivity contribution in [2.24, 2.45) is 0 Å². The first-order valence-corrected chi connectivity index (χ1v) is 12.8. The van der Waals surface area contributed by atoms with Crippen LogP contribution in [0.15, 0.2) is 28.8 Å². The lowest BCUT2D eigenvalue weighted by Gasteiger charge is -2.26. The van der Waals surface area contributed by atoms with Crippen molar-refractivity contribution in [2.45, 2.75) is 65.7 Å². The van der Waals surface area contributed by atoms with Crippen molar-refractivity contribution in [1.29, 1.82) is 0 Å². The van der Waals surface area contributed by atoms with Crippen molar-refractivity contribution in [3.63, 3.8) is 0 Å². The van der Waals surface area contributed by atoms with E-state index in [-0.39, 0.29) is 11.8 Å². The van der Waals surface area contributed by atoms with Crippen molar-refractivity contribution in [2.75, 3.05) is 0 Å². The molecule has 2 heterocycles. The summed E-state index contributed by atoms with van der Waals surface area (Å²) in [4.78, 5) is 15.4. The molecule has 0 aliphatic rings. The van der Waals surface area contributed by atoms with Crippen LogP contribution in [0, 0.1) is 20.8 Å². The number of ketones is 1. The van der Waals surface area contributed by atoms with Crippen molar-refractivity contribution in [1.82, 2.24) is 9.88 Å². The topological polar surface area (TPSA) is 78.2 Å². The fourth-order valence-electron chi connectivity index (χ4n) is 3.35. The molecule has 0 fully saturated rings. The fraction of sp³-hybridized carbons (Fsp3) is 0.417. The number of rotatable bonds is 7. The highest BCUT2D eigenvalue weighted by atomic mass is 35.5. The minimum Gasteiger partial charge on any atom is -0.598 e. The lowest BCUT2D eigenvalue weighted by molar-refractivity contribution is 0.103. The van der Waals surface area contributed by atoms with Gasteiger partial charge >= 0.3 is 0 Å². The molecule has 0 aliphatic heterocycles. The van der Waals surface area contributed by atoms with Gasteiger partial charge in [0.25, 0.3) is 0 Å². The number of aromatic nitrogens is 1. The Morgan fingerprint density at radius 1 is 1.25 bits per heavy atom. The summed E-state index contributed by atoms with van der Waals surface area (Å²) in [5, 5.41) is 4.80. The molecule has 0 spiro atoms. The van der Waals surface area contributed by atoms with Gasteiger partial charge in [-0.1, -0.05) is 23.7 Å². The van der Waals surface area contributed by atoms with Crippen molar-refractivity contribution < 1.29 is 13.9 Å². The smallest absolute Gasteiger partial charge is 0.194 e. The number of benzene rings is 1. The summed E-state index contributed by atoms with van der Waals surface area (Å²) in [6.07, 6.45) is 0.660. The molecule has 8 heteroatoms. The van der Waals surface area contributed by atoms with E-state index >= 15 is 0 Å². The Bertz CT molecular complexity index is 1110. The highest BCUT2D eigenvalue weighted by molar-refractivity contribution is 7.90. The number of nitrogens with one attached hydrogen (secondary N) is 1. The third-order valence-corrected chi connectivity index (χ3v) is 8.45. The molecule has 1 aromatic carbocycles. The first kappa shape index (κ1) is 25.0. The maximum Gasteiger partial charge on any atom is 0.194 e. The predicted octanol–water partition coefficient (Wildman–Crippen LogP) is 6.72. The van der Waals surface area contributed by atoms with Crippen LogP contribution in [0.4, 0.5) is 0 Å². The molecule has 32 heavy (non-hydrogen) atoms. The van der Waals surface area contributed by atoms with Gasteiger partial charge in [-0.15, -0.1) is 16.1 Å². The van der Waals surface area contributed by atoms with Gasteiger partial charge in [0.05, 0.1) is 16.1 Å². The standard InChI is InChI=1S/C24H29ClN2O3S2/c1-8-18(27-32(29)24(5,6)7)22-20(14(3)26-30-22)23-19(13(2)15(4)31-23)21(28)16-9-11-17(25)12-10-16/h9-12,18,27H,8H2,1-7H3/t18-,32?/m0/s1. The van der Waals surface area contributed by atoms with E-state index < -0.39 is 16.1 Å². The van der Waals surface area contributed by atoms with Gasteiger partial charge in [-0.2, -0.15) is 0 Å².